The van der Waals surface area contributed by atoms with Gasteiger partial charge in [0.2, 0.25) is 10.0 Å². The van der Waals surface area contributed by atoms with Crippen LogP contribution in [0.2, 0.25) is 0 Å². The maximum atomic E-state index is 12.9. The van der Waals surface area contributed by atoms with Gasteiger partial charge in [0.25, 0.3) is 5.91 Å². The highest BCUT2D eigenvalue weighted by molar-refractivity contribution is 7.89. The van der Waals surface area contributed by atoms with E-state index in [0.717, 1.165) is 5.69 Å². The van der Waals surface area contributed by atoms with Gasteiger partial charge in [0.1, 0.15) is 5.75 Å². The lowest BCUT2D eigenvalue weighted by atomic mass is 10.2. The van der Waals surface area contributed by atoms with E-state index in [-0.39, 0.29) is 16.3 Å². The van der Waals surface area contributed by atoms with Crippen molar-refractivity contribution in [2.24, 2.45) is 0 Å². The maximum Gasteiger partial charge on any atom is 0.276 e. The summed E-state index contributed by atoms with van der Waals surface area (Å²) in [6.07, 6.45) is 1.69. The molecule has 0 aliphatic rings. The summed E-state index contributed by atoms with van der Waals surface area (Å²) in [5.74, 6) is -0.0788. The Kier molecular flexibility index (Phi) is 7.09. The van der Waals surface area contributed by atoms with Gasteiger partial charge >= 0.3 is 0 Å². The van der Waals surface area contributed by atoms with Crippen LogP contribution >= 0.6 is 0 Å². The first-order valence-corrected chi connectivity index (χ1v) is 11.5. The number of hydrogen-bond donors (Lipinski definition) is 1. The van der Waals surface area contributed by atoms with Crippen molar-refractivity contribution in [1.82, 2.24) is 14.1 Å². The molecule has 3 rings (SSSR count). The van der Waals surface area contributed by atoms with Gasteiger partial charge in [-0.15, -0.1) is 0 Å². The zero-order chi connectivity index (χ0) is 22.4. The van der Waals surface area contributed by atoms with Crippen LogP contribution in [0.4, 0.5) is 5.69 Å². The molecule has 1 amide bonds. The predicted molar refractivity (Wildman–Crippen MR) is 119 cm³/mol. The average Bonchev–Trinajstić information content (AvgIpc) is 3.27. The van der Waals surface area contributed by atoms with Gasteiger partial charge in [-0.2, -0.15) is 9.40 Å². The highest BCUT2D eigenvalue weighted by atomic mass is 32.2. The maximum absolute atomic E-state index is 12.9. The number of anilines is 1. The van der Waals surface area contributed by atoms with Crippen molar-refractivity contribution in [3.63, 3.8) is 0 Å². The molecule has 0 saturated carbocycles. The number of nitrogens with zero attached hydrogens (tertiary/aromatic N) is 3. The predicted octanol–water partition coefficient (Wildman–Crippen LogP) is 3.55. The lowest BCUT2D eigenvalue weighted by molar-refractivity contribution is 0.102. The summed E-state index contributed by atoms with van der Waals surface area (Å²) in [4.78, 5) is 12.9. The Hall–Kier alpha value is -3.17. The molecular formula is C22H26N4O4S. The second-order valence-corrected chi connectivity index (χ2v) is 8.55. The molecule has 0 saturated heterocycles. The molecule has 2 aromatic carbocycles. The molecule has 0 atom stereocenters. The molecule has 8 nitrogen and oxygen atoms in total. The number of para-hydroxylation sites is 1. The minimum absolute atomic E-state index is 0.0877. The van der Waals surface area contributed by atoms with Crippen LogP contribution in [0.5, 0.6) is 5.75 Å². The van der Waals surface area contributed by atoms with Gasteiger partial charge in [-0.25, -0.2) is 13.1 Å². The molecule has 0 bridgehead atoms. The van der Waals surface area contributed by atoms with Gasteiger partial charge < -0.3 is 10.1 Å². The number of carbonyl (C=O) groups is 1. The van der Waals surface area contributed by atoms with Gasteiger partial charge in [-0.1, -0.05) is 32.0 Å². The Bertz CT molecular complexity index is 1140. The number of rotatable bonds is 9. The molecule has 1 aromatic heterocycles. The molecule has 1 N–H and O–H groups in total. The summed E-state index contributed by atoms with van der Waals surface area (Å²) >= 11 is 0. The van der Waals surface area contributed by atoms with Crippen molar-refractivity contribution < 1.29 is 17.9 Å². The molecule has 0 aliphatic heterocycles. The third-order valence-corrected chi connectivity index (χ3v) is 6.73. The van der Waals surface area contributed by atoms with Crippen LogP contribution in [-0.4, -0.2) is 48.1 Å². The van der Waals surface area contributed by atoms with Crippen LogP contribution in [0, 0.1) is 0 Å². The van der Waals surface area contributed by atoms with Gasteiger partial charge in [-0.05, 0) is 43.3 Å². The Morgan fingerprint density at radius 1 is 1.06 bits per heavy atom. The lowest BCUT2D eigenvalue weighted by Gasteiger charge is -2.20. The Morgan fingerprint density at radius 3 is 2.42 bits per heavy atom. The zero-order valence-corrected chi connectivity index (χ0v) is 18.6. The van der Waals surface area contributed by atoms with Crippen LogP contribution in [0.25, 0.3) is 5.69 Å². The molecule has 3 aromatic rings. The van der Waals surface area contributed by atoms with E-state index < -0.39 is 15.9 Å². The summed E-state index contributed by atoms with van der Waals surface area (Å²) < 4.78 is 34.3. The molecule has 1 heterocycles. The van der Waals surface area contributed by atoms with Crippen molar-refractivity contribution in [3.8, 4) is 11.4 Å². The molecule has 9 heteroatoms. The summed E-state index contributed by atoms with van der Waals surface area (Å²) in [7, 11) is -3.68. The number of benzene rings is 2. The smallest absolute Gasteiger partial charge is 0.276 e. The molecule has 164 valence electrons. The molecule has 0 radical (unpaired) electrons. The molecule has 0 fully saturated rings. The fourth-order valence-corrected chi connectivity index (χ4v) is 4.60. The number of carbonyl (C=O) groups excluding carboxylic acids is 1. The van der Waals surface area contributed by atoms with E-state index in [0.29, 0.717) is 25.4 Å². The van der Waals surface area contributed by atoms with Crippen molar-refractivity contribution in [2.75, 3.05) is 25.0 Å². The van der Waals surface area contributed by atoms with E-state index in [1.165, 1.54) is 16.4 Å². The minimum Gasteiger partial charge on any atom is -0.492 e. The first-order chi connectivity index (χ1) is 14.9. The van der Waals surface area contributed by atoms with E-state index in [4.69, 9.17) is 4.74 Å². The summed E-state index contributed by atoms with van der Waals surface area (Å²) in [6, 6.07) is 15.5. The van der Waals surface area contributed by atoms with Crippen molar-refractivity contribution in [2.45, 2.75) is 25.7 Å². The normalized spacial score (nSPS) is 11.5. The third kappa shape index (κ3) is 4.95. The number of hydrogen-bond acceptors (Lipinski definition) is 5. The molecule has 31 heavy (non-hydrogen) atoms. The van der Waals surface area contributed by atoms with Crippen molar-refractivity contribution in [3.05, 3.63) is 66.5 Å². The first-order valence-electron chi connectivity index (χ1n) is 10.1. The highest BCUT2D eigenvalue weighted by Gasteiger charge is 2.24. The standard InChI is InChI=1S/C22H26N4O4S/c1-4-25(5-2)31(28,29)18-12-13-21(30-6-3)20(16-18)23-22(27)19-14-15-26(24-19)17-10-8-7-9-11-17/h7-16H,4-6H2,1-3H3,(H,23,27). The Balaban J connectivity index is 1.91. The first kappa shape index (κ1) is 22.5. The minimum atomic E-state index is -3.68. The number of amides is 1. The van der Waals surface area contributed by atoms with Crippen molar-refractivity contribution in [1.29, 1.82) is 0 Å². The lowest BCUT2D eigenvalue weighted by Crippen LogP contribution is -2.30. The number of nitrogens with one attached hydrogen (secondary N) is 1. The van der Waals surface area contributed by atoms with Crippen LogP contribution in [0.15, 0.2) is 65.7 Å². The summed E-state index contributed by atoms with van der Waals surface area (Å²) in [6.45, 7) is 6.44. The highest BCUT2D eigenvalue weighted by Crippen LogP contribution is 2.29. The molecule has 0 aliphatic carbocycles. The molecule has 0 unspecified atom stereocenters. The van der Waals surface area contributed by atoms with Crippen LogP contribution < -0.4 is 10.1 Å². The summed E-state index contributed by atoms with van der Waals surface area (Å²) in [5.41, 5.74) is 1.29. The number of ether oxygens (including phenoxy) is 1. The number of sulfonamides is 1. The SMILES string of the molecule is CCOc1ccc(S(=O)(=O)N(CC)CC)cc1NC(=O)c1ccn(-c2ccccc2)n1. The fourth-order valence-electron chi connectivity index (χ4n) is 3.12. The van der Waals surface area contributed by atoms with Crippen LogP contribution in [0.1, 0.15) is 31.3 Å². The monoisotopic (exact) mass is 442 g/mol. The fraction of sp³-hybridized carbons (Fsp3) is 0.273. The molecule has 0 spiro atoms. The largest absolute Gasteiger partial charge is 0.492 e. The average molecular weight is 443 g/mol. The Morgan fingerprint density at radius 2 is 1.77 bits per heavy atom. The second-order valence-electron chi connectivity index (χ2n) is 6.62. The second kappa shape index (κ2) is 9.76. The van der Waals surface area contributed by atoms with Gasteiger partial charge in [0.15, 0.2) is 5.69 Å². The van der Waals surface area contributed by atoms with Gasteiger partial charge in [0, 0.05) is 19.3 Å². The Labute approximate surface area is 182 Å². The quantitative estimate of drug-likeness (QED) is 0.547. The van der Waals surface area contributed by atoms with E-state index in [1.54, 1.807) is 36.9 Å². The van der Waals surface area contributed by atoms with Gasteiger partial charge in [-0.3, -0.25) is 4.79 Å². The third-order valence-electron chi connectivity index (χ3n) is 4.68. The van der Waals surface area contributed by atoms with E-state index in [1.807, 2.05) is 37.3 Å². The van der Waals surface area contributed by atoms with E-state index in [9.17, 15) is 13.2 Å². The van der Waals surface area contributed by atoms with E-state index in [2.05, 4.69) is 10.4 Å². The van der Waals surface area contributed by atoms with Crippen LogP contribution in [-0.2, 0) is 10.0 Å². The van der Waals surface area contributed by atoms with Crippen molar-refractivity contribution >= 4 is 21.6 Å². The number of aromatic nitrogens is 2. The van der Waals surface area contributed by atoms with Crippen LogP contribution in [0.3, 0.4) is 0 Å². The topological polar surface area (TPSA) is 93.5 Å². The van der Waals surface area contributed by atoms with Gasteiger partial charge in [0.05, 0.1) is 22.9 Å². The zero-order valence-electron chi connectivity index (χ0n) is 17.8. The summed E-state index contributed by atoms with van der Waals surface area (Å²) in [5, 5.41) is 7.06. The molecular weight excluding hydrogens is 416 g/mol. The van der Waals surface area contributed by atoms with E-state index >= 15 is 0 Å².